The van der Waals surface area contributed by atoms with Gasteiger partial charge in [0.1, 0.15) is 0 Å². The summed E-state index contributed by atoms with van der Waals surface area (Å²) < 4.78 is 5.62. The maximum absolute atomic E-state index is 5.88. The molecule has 1 fully saturated rings. The van der Waals surface area contributed by atoms with Gasteiger partial charge in [-0.1, -0.05) is 23.7 Å². The lowest BCUT2D eigenvalue weighted by atomic mass is 10.1. The molecule has 2 rings (SSSR count). The van der Waals surface area contributed by atoms with Crippen molar-refractivity contribution in [1.82, 2.24) is 5.32 Å². The van der Waals surface area contributed by atoms with Crippen LogP contribution in [0.2, 0.25) is 5.02 Å². The van der Waals surface area contributed by atoms with Crippen molar-refractivity contribution in [1.29, 1.82) is 0 Å². The van der Waals surface area contributed by atoms with E-state index >= 15 is 0 Å². The zero-order valence-electron chi connectivity index (χ0n) is 11.0. The number of nitrogens with one attached hydrogen (secondary N) is 1. The summed E-state index contributed by atoms with van der Waals surface area (Å²) >= 11 is 5.88. The molecule has 0 spiro atoms. The maximum Gasteiger partial charge on any atom is 0.0576 e. The Kier molecular flexibility index (Phi) is 5.48. The Labute approximate surface area is 115 Å². The highest BCUT2D eigenvalue weighted by Gasteiger charge is 2.14. The van der Waals surface area contributed by atoms with Gasteiger partial charge in [0.15, 0.2) is 0 Å². The summed E-state index contributed by atoms with van der Waals surface area (Å²) in [4.78, 5) is 0. The topological polar surface area (TPSA) is 21.3 Å². The minimum Gasteiger partial charge on any atom is -0.378 e. The van der Waals surface area contributed by atoms with Crippen molar-refractivity contribution in [3.8, 4) is 0 Å². The molecule has 1 aromatic rings. The molecule has 2 nitrogen and oxygen atoms in total. The summed E-state index contributed by atoms with van der Waals surface area (Å²) in [6.45, 7) is 4.19. The number of hydrogen-bond donors (Lipinski definition) is 1. The SMILES string of the molecule is C[C@H](NCCCC1CCCO1)c1ccc(Cl)cc1. The number of benzene rings is 1. The van der Waals surface area contributed by atoms with E-state index in [1.165, 1.54) is 31.2 Å². The third-order valence-corrected chi connectivity index (χ3v) is 3.80. The molecule has 1 N–H and O–H groups in total. The van der Waals surface area contributed by atoms with E-state index in [2.05, 4.69) is 24.4 Å². The van der Waals surface area contributed by atoms with E-state index in [0.717, 1.165) is 18.2 Å². The van der Waals surface area contributed by atoms with Crippen LogP contribution in [-0.4, -0.2) is 19.3 Å². The molecule has 2 atom stereocenters. The van der Waals surface area contributed by atoms with Crippen LogP contribution in [0.1, 0.15) is 44.2 Å². The van der Waals surface area contributed by atoms with Gasteiger partial charge in [-0.2, -0.15) is 0 Å². The van der Waals surface area contributed by atoms with Gasteiger partial charge in [-0.05, 0) is 56.8 Å². The summed E-state index contributed by atoms with van der Waals surface area (Å²) in [6.07, 6.45) is 5.35. The van der Waals surface area contributed by atoms with Crippen LogP contribution < -0.4 is 5.32 Å². The van der Waals surface area contributed by atoms with Gasteiger partial charge >= 0.3 is 0 Å². The number of ether oxygens (including phenoxy) is 1. The van der Waals surface area contributed by atoms with Crippen molar-refractivity contribution in [3.05, 3.63) is 34.9 Å². The fourth-order valence-corrected chi connectivity index (χ4v) is 2.52. The lowest BCUT2D eigenvalue weighted by Crippen LogP contribution is -2.21. The predicted molar refractivity (Wildman–Crippen MR) is 76.1 cm³/mol. The quantitative estimate of drug-likeness (QED) is 0.788. The highest BCUT2D eigenvalue weighted by molar-refractivity contribution is 6.30. The predicted octanol–water partition coefficient (Wildman–Crippen LogP) is 3.95. The van der Waals surface area contributed by atoms with E-state index in [1.807, 2.05) is 12.1 Å². The minimum atomic E-state index is 0.381. The third kappa shape index (κ3) is 4.27. The van der Waals surface area contributed by atoms with Gasteiger partial charge in [-0.15, -0.1) is 0 Å². The first-order valence-corrected chi connectivity index (χ1v) is 7.24. The van der Waals surface area contributed by atoms with Gasteiger partial charge in [-0.25, -0.2) is 0 Å². The molecule has 0 aliphatic carbocycles. The molecule has 0 saturated carbocycles. The van der Waals surface area contributed by atoms with E-state index in [1.54, 1.807) is 0 Å². The molecule has 0 bridgehead atoms. The summed E-state index contributed by atoms with van der Waals surface area (Å²) in [5, 5.41) is 4.34. The average Bonchev–Trinajstić information content (AvgIpc) is 2.88. The van der Waals surface area contributed by atoms with Crippen LogP contribution in [0.15, 0.2) is 24.3 Å². The molecular weight excluding hydrogens is 246 g/mol. The molecule has 1 aromatic carbocycles. The molecule has 0 radical (unpaired) electrons. The van der Waals surface area contributed by atoms with Crippen molar-refractivity contribution in [2.24, 2.45) is 0 Å². The van der Waals surface area contributed by atoms with E-state index in [-0.39, 0.29) is 0 Å². The second-order valence-electron chi connectivity index (χ2n) is 5.00. The monoisotopic (exact) mass is 267 g/mol. The highest BCUT2D eigenvalue weighted by atomic mass is 35.5. The zero-order chi connectivity index (χ0) is 12.8. The molecule has 1 heterocycles. The van der Waals surface area contributed by atoms with Crippen molar-refractivity contribution >= 4 is 11.6 Å². The van der Waals surface area contributed by atoms with E-state index in [4.69, 9.17) is 16.3 Å². The third-order valence-electron chi connectivity index (χ3n) is 3.55. The van der Waals surface area contributed by atoms with Crippen LogP contribution in [0.25, 0.3) is 0 Å². The number of rotatable bonds is 6. The summed E-state index contributed by atoms with van der Waals surface area (Å²) in [7, 11) is 0. The first-order valence-electron chi connectivity index (χ1n) is 6.86. The van der Waals surface area contributed by atoms with Crippen molar-refractivity contribution in [3.63, 3.8) is 0 Å². The Morgan fingerprint density at radius 2 is 2.17 bits per heavy atom. The molecule has 1 aliphatic heterocycles. The fraction of sp³-hybridized carbons (Fsp3) is 0.600. The summed E-state index contributed by atoms with van der Waals surface area (Å²) in [6, 6.07) is 8.44. The molecule has 0 amide bonds. The van der Waals surface area contributed by atoms with Gasteiger partial charge in [0.25, 0.3) is 0 Å². The molecule has 1 aliphatic rings. The van der Waals surface area contributed by atoms with Crippen molar-refractivity contribution < 1.29 is 4.74 Å². The second kappa shape index (κ2) is 7.13. The number of halogens is 1. The highest BCUT2D eigenvalue weighted by Crippen LogP contribution is 2.18. The van der Waals surface area contributed by atoms with Crippen molar-refractivity contribution in [2.45, 2.75) is 44.8 Å². The minimum absolute atomic E-state index is 0.381. The summed E-state index contributed by atoms with van der Waals surface area (Å²) in [5.74, 6) is 0. The molecule has 0 aromatic heterocycles. The van der Waals surface area contributed by atoms with E-state index in [9.17, 15) is 0 Å². The Bertz CT molecular complexity index is 346. The number of hydrogen-bond acceptors (Lipinski definition) is 2. The van der Waals surface area contributed by atoms with Crippen LogP contribution in [0, 0.1) is 0 Å². The Morgan fingerprint density at radius 3 is 2.83 bits per heavy atom. The van der Waals surface area contributed by atoms with E-state index < -0.39 is 0 Å². The smallest absolute Gasteiger partial charge is 0.0576 e. The molecule has 1 unspecified atom stereocenters. The van der Waals surface area contributed by atoms with Crippen LogP contribution in [0.5, 0.6) is 0 Å². The molecular formula is C15H22ClNO. The Morgan fingerprint density at radius 1 is 1.39 bits per heavy atom. The second-order valence-corrected chi connectivity index (χ2v) is 5.44. The van der Waals surface area contributed by atoms with Gasteiger partial charge in [-0.3, -0.25) is 0 Å². The van der Waals surface area contributed by atoms with Crippen LogP contribution in [0.3, 0.4) is 0 Å². The lowest BCUT2D eigenvalue weighted by Gasteiger charge is -2.15. The molecule has 3 heteroatoms. The van der Waals surface area contributed by atoms with Gasteiger partial charge in [0.05, 0.1) is 6.10 Å². The largest absolute Gasteiger partial charge is 0.378 e. The Hall–Kier alpha value is -0.570. The van der Waals surface area contributed by atoms with E-state index in [0.29, 0.717) is 12.1 Å². The van der Waals surface area contributed by atoms with Crippen LogP contribution in [-0.2, 0) is 4.74 Å². The van der Waals surface area contributed by atoms with Gasteiger partial charge < -0.3 is 10.1 Å². The van der Waals surface area contributed by atoms with Crippen molar-refractivity contribution in [2.75, 3.05) is 13.2 Å². The molecule has 1 saturated heterocycles. The fourth-order valence-electron chi connectivity index (χ4n) is 2.39. The summed E-state index contributed by atoms with van der Waals surface area (Å²) in [5.41, 5.74) is 1.29. The van der Waals surface area contributed by atoms with Gasteiger partial charge in [0, 0.05) is 17.7 Å². The lowest BCUT2D eigenvalue weighted by molar-refractivity contribution is 0.102. The van der Waals surface area contributed by atoms with Crippen LogP contribution in [0.4, 0.5) is 0 Å². The van der Waals surface area contributed by atoms with Crippen LogP contribution >= 0.6 is 11.6 Å². The normalized spacial score (nSPS) is 21.1. The Balaban J connectivity index is 1.64. The standard InChI is InChI=1S/C15H22ClNO/c1-12(13-6-8-14(16)9-7-13)17-10-2-4-15-5-3-11-18-15/h6-9,12,15,17H,2-5,10-11H2,1H3/t12-,15?/m0/s1. The molecule has 100 valence electrons. The van der Waals surface area contributed by atoms with Gasteiger partial charge in [0.2, 0.25) is 0 Å². The average molecular weight is 268 g/mol. The first-order chi connectivity index (χ1) is 8.75. The zero-order valence-corrected chi connectivity index (χ0v) is 11.7. The maximum atomic E-state index is 5.88. The molecule has 18 heavy (non-hydrogen) atoms. The first kappa shape index (κ1) is 13.9.